The van der Waals surface area contributed by atoms with Gasteiger partial charge in [-0.1, -0.05) is 37.3 Å². The van der Waals surface area contributed by atoms with E-state index in [1.807, 2.05) is 30.3 Å². The van der Waals surface area contributed by atoms with E-state index in [-0.39, 0.29) is 6.61 Å². The first kappa shape index (κ1) is 17.8. The first-order valence-corrected chi connectivity index (χ1v) is 7.99. The van der Waals surface area contributed by atoms with Gasteiger partial charge in [0.15, 0.2) is 0 Å². The lowest BCUT2D eigenvalue weighted by Crippen LogP contribution is -2.47. The third-order valence-corrected chi connectivity index (χ3v) is 4.73. The number of rotatable bonds is 7. The largest absolute Gasteiger partial charge is 0.395 e. The minimum atomic E-state index is -1.59. The molecule has 0 aromatic heterocycles. The number of aryl methyl sites for hydroxylation is 1. The molecule has 0 saturated carbocycles. The van der Waals surface area contributed by atoms with Crippen LogP contribution in [-0.4, -0.2) is 58.5 Å². The summed E-state index contributed by atoms with van der Waals surface area (Å²) in [6.07, 6.45) is -1.35. The summed E-state index contributed by atoms with van der Waals surface area (Å²) >= 11 is 0. The predicted molar refractivity (Wildman–Crippen MR) is 85.4 cm³/mol. The maximum absolute atomic E-state index is 14.4. The van der Waals surface area contributed by atoms with Gasteiger partial charge in [-0.25, -0.2) is 4.39 Å². The zero-order chi connectivity index (χ0) is 17.0. The maximum atomic E-state index is 14.4. The summed E-state index contributed by atoms with van der Waals surface area (Å²) in [5.74, 6) is -1.33. The topological polar surface area (TPSA) is 86.8 Å². The molecule has 0 bridgehead atoms. The van der Waals surface area contributed by atoms with Gasteiger partial charge in [-0.3, -0.25) is 9.69 Å². The zero-order valence-electron chi connectivity index (χ0n) is 13.3. The van der Waals surface area contributed by atoms with E-state index in [0.29, 0.717) is 6.54 Å². The molecule has 1 aromatic rings. The van der Waals surface area contributed by atoms with Crippen molar-refractivity contribution < 1.29 is 19.4 Å². The average molecular weight is 324 g/mol. The van der Waals surface area contributed by atoms with Crippen LogP contribution in [0.15, 0.2) is 30.3 Å². The molecule has 23 heavy (non-hydrogen) atoms. The second-order valence-corrected chi connectivity index (χ2v) is 6.19. The number of hydrogen-bond donors (Lipinski definition) is 3. The highest BCUT2D eigenvalue weighted by molar-refractivity contribution is 5.77. The smallest absolute Gasteiger partial charge is 0.221 e. The van der Waals surface area contributed by atoms with Gasteiger partial charge in [0.05, 0.1) is 24.6 Å². The van der Waals surface area contributed by atoms with Crippen LogP contribution >= 0.6 is 0 Å². The number of carbonyl (C=O) groups is 1. The summed E-state index contributed by atoms with van der Waals surface area (Å²) in [4.78, 5) is 13.2. The molecule has 5 atom stereocenters. The van der Waals surface area contributed by atoms with Crippen LogP contribution in [-0.2, 0) is 11.2 Å². The summed E-state index contributed by atoms with van der Waals surface area (Å²) in [6, 6.07) is 8.40. The number of likely N-dealkylation sites (tertiary alicyclic amines) is 1. The third-order valence-electron chi connectivity index (χ3n) is 4.73. The Hall–Kier alpha value is -1.50. The van der Waals surface area contributed by atoms with Crippen molar-refractivity contribution in [3.63, 3.8) is 0 Å². The number of carbonyl (C=O) groups excluding carboxylic acids is 1. The fourth-order valence-corrected chi connectivity index (χ4v) is 3.38. The van der Waals surface area contributed by atoms with Gasteiger partial charge in [0.1, 0.15) is 12.3 Å². The highest BCUT2D eigenvalue weighted by Crippen LogP contribution is 2.32. The number of nitrogens with two attached hydrogens (primary N) is 1. The number of aliphatic hydroxyl groups is 2. The molecule has 1 fully saturated rings. The van der Waals surface area contributed by atoms with Gasteiger partial charge < -0.3 is 15.9 Å². The van der Waals surface area contributed by atoms with E-state index in [1.54, 1.807) is 11.8 Å². The van der Waals surface area contributed by atoms with E-state index < -0.39 is 36.2 Å². The van der Waals surface area contributed by atoms with E-state index in [0.717, 1.165) is 12.8 Å². The molecule has 1 heterocycles. The Balaban J connectivity index is 2.06. The second-order valence-electron chi connectivity index (χ2n) is 6.19. The summed E-state index contributed by atoms with van der Waals surface area (Å²) in [5, 5.41) is 19.5. The van der Waals surface area contributed by atoms with Crippen LogP contribution in [0.4, 0.5) is 4.39 Å². The lowest BCUT2D eigenvalue weighted by Gasteiger charge is -2.31. The first-order chi connectivity index (χ1) is 11.0. The van der Waals surface area contributed by atoms with Crippen LogP contribution in [0, 0.1) is 5.92 Å². The SMILES string of the molecule is CC(C(N)=O)C1C(F)C(O)C(CO)N1CCCc1ccccc1. The van der Waals surface area contributed by atoms with Crippen LogP contribution < -0.4 is 5.73 Å². The van der Waals surface area contributed by atoms with Crippen LogP contribution in [0.2, 0.25) is 0 Å². The van der Waals surface area contributed by atoms with Crippen LogP contribution in [0.25, 0.3) is 0 Å². The number of nitrogens with zero attached hydrogens (tertiary/aromatic N) is 1. The van der Waals surface area contributed by atoms with Crippen molar-refractivity contribution in [3.8, 4) is 0 Å². The number of hydrogen-bond acceptors (Lipinski definition) is 4. The second kappa shape index (κ2) is 7.86. The quantitative estimate of drug-likeness (QED) is 0.681. The van der Waals surface area contributed by atoms with E-state index in [9.17, 15) is 19.4 Å². The highest BCUT2D eigenvalue weighted by Gasteiger charge is 2.51. The molecule has 1 aliphatic rings. The molecule has 128 valence electrons. The predicted octanol–water partition coefficient (Wildman–Crippen LogP) is 0.485. The van der Waals surface area contributed by atoms with E-state index in [4.69, 9.17) is 5.73 Å². The normalized spacial score (nSPS) is 29.6. The summed E-state index contributed by atoms with van der Waals surface area (Å²) in [7, 11) is 0. The van der Waals surface area contributed by atoms with Crippen LogP contribution in [0.5, 0.6) is 0 Å². The number of amides is 1. The minimum absolute atomic E-state index is 0.352. The monoisotopic (exact) mass is 324 g/mol. The van der Waals surface area contributed by atoms with E-state index >= 15 is 0 Å². The van der Waals surface area contributed by atoms with Gasteiger partial charge in [-0.15, -0.1) is 0 Å². The van der Waals surface area contributed by atoms with Crippen LogP contribution in [0.1, 0.15) is 18.9 Å². The summed E-state index contributed by atoms with van der Waals surface area (Å²) < 4.78 is 14.4. The molecule has 5 unspecified atom stereocenters. The number of alkyl halides is 1. The van der Waals surface area contributed by atoms with Gasteiger partial charge in [0, 0.05) is 0 Å². The lowest BCUT2D eigenvalue weighted by atomic mass is 9.96. The van der Waals surface area contributed by atoms with Crippen molar-refractivity contribution in [1.29, 1.82) is 0 Å². The third kappa shape index (κ3) is 3.88. The molecule has 0 radical (unpaired) electrons. The zero-order valence-corrected chi connectivity index (χ0v) is 13.3. The Morgan fingerprint density at radius 2 is 2.04 bits per heavy atom. The number of halogens is 1. The molecule has 6 heteroatoms. The molecule has 5 nitrogen and oxygen atoms in total. The molecule has 4 N–H and O–H groups in total. The average Bonchev–Trinajstić information content (AvgIpc) is 2.78. The maximum Gasteiger partial charge on any atom is 0.221 e. The molecule has 2 rings (SSSR count). The van der Waals surface area contributed by atoms with Crippen LogP contribution in [0.3, 0.4) is 0 Å². The summed E-state index contributed by atoms with van der Waals surface area (Å²) in [6.45, 7) is 1.70. The van der Waals surface area contributed by atoms with Crippen molar-refractivity contribution in [3.05, 3.63) is 35.9 Å². The number of aliphatic hydroxyl groups excluding tert-OH is 2. The van der Waals surface area contributed by atoms with E-state index in [1.165, 1.54) is 5.56 Å². The lowest BCUT2D eigenvalue weighted by molar-refractivity contribution is -0.124. The van der Waals surface area contributed by atoms with Crippen molar-refractivity contribution in [2.75, 3.05) is 13.2 Å². The molecule has 1 saturated heterocycles. The molecule has 1 aromatic carbocycles. The first-order valence-electron chi connectivity index (χ1n) is 7.99. The molecule has 1 aliphatic heterocycles. The fourth-order valence-electron chi connectivity index (χ4n) is 3.38. The molecule has 0 aliphatic carbocycles. The minimum Gasteiger partial charge on any atom is -0.395 e. The summed E-state index contributed by atoms with van der Waals surface area (Å²) in [5.41, 5.74) is 6.49. The molecular weight excluding hydrogens is 299 g/mol. The highest BCUT2D eigenvalue weighted by atomic mass is 19.1. The molecular formula is C17H25FN2O3. The van der Waals surface area contributed by atoms with Gasteiger partial charge in [0.2, 0.25) is 5.91 Å². The molecule has 0 spiro atoms. The molecule has 1 amide bonds. The van der Waals surface area contributed by atoms with Crippen molar-refractivity contribution >= 4 is 5.91 Å². The Morgan fingerprint density at radius 3 is 2.61 bits per heavy atom. The van der Waals surface area contributed by atoms with Crippen molar-refractivity contribution in [2.45, 2.75) is 44.1 Å². The standard InChI is InChI=1S/C17H25FN2O3/c1-11(17(19)23)15-14(18)16(22)13(10-21)20(15)9-5-8-12-6-3-2-4-7-12/h2-4,6-7,11,13-16,21-22H,5,8-10H2,1H3,(H2,19,23). The van der Waals surface area contributed by atoms with Gasteiger partial charge in [-0.05, 0) is 24.9 Å². The van der Waals surface area contributed by atoms with Gasteiger partial charge in [-0.2, -0.15) is 0 Å². The van der Waals surface area contributed by atoms with Crippen molar-refractivity contribution in [2.24, 2.45) is 11.7 Å². The van der Waals surface area contributed by atoms with Crippen molar-refractivity contribution in [1.82, 2.24) is 4.90 Å². The van der Waals surface area contributed by atoms with E-state index in [2.05, 4.69) is 0 Å². The van der Waals surface area contributed by atoms with Gasteiger partial charge in [0.25, 0.3) is 0 Å². The number of primary amides is 1. The fraction of sp³-hybridized carbons (Fsp3) is 0.588. The number of benzene rings is 1. The Bertz CT molecular complexity index is 514. The Labute approximate surface area is 135 Å². The van der Waals surface area contributed by atoms with Gasteiger partial charge >= 0.3 is 0 Å². The Morgan fingerprint density at radius 1 is 1.39 bits per heavy atom. The Kier molecular flexibility index (Phi) is 6.10.